The Morgan fingerprint density at radius 2 is 1.88 bits per heavy atom. The van der Waals surface area contributed by atoms with Crippen molar-refractivity contribution in [3.63, 3.8) is 0 Å². The molecule has 0 rings (SSSR count). The Kier molecular flexibility index (Phi) is 9.49. The first-order valence-corrected chi connectivity index (χ1v) is 6.71. The van der Waals surface area contributed by atoms with Gasteiger partial charge in [0, 0.05) is 12.8 Å². The van der Waals surface area contributed by atoms with Crippen LogP contribution in [0.3, 0.4) is 0 Å². The Hall–Kier alpha value is -0.440. The second-order valence-electron chi connectivity index (χ2n) is 3.24. The molecule has 0 aromatic carbocycles. The van der Waals surface area contributed by atoms with Crippen LogP contribution in [0.4, 0.5) is 0 Å². The third-order valence-corrected chi connectivity index (χ3v) is 3.04. The van der Waals surface area contributed by atoms with Gasteiger partial charge in [-0.3, -0.25) is 4.79 Å². The van der Waals surface area contributed by atoms with Crippen molar-refractivity contribution in [1.82, 2.24) is 0 Å². The highest BCUT2D eigenvalue weighted by molar-refractivity contribution is 7.50. The molecule has 4 nitrogen and oxygen atoms in total. The van der Waals surface area contributed by atoms with E-state index < -0.39 is 8.38 Å². The molecule has 0 heterocycles. The molecule has 0 aliphatic heterocycles. The Labute approximate surface area is 98.9 Å². The van der Waals surface area contributed by atoms with Crippen LogP contribution >= 0.6 is 8.38 Å². The standard InChI is InChI=1S/C11H21O4P/c1-5-14-16(15-6-2)8-7-10(3)9-13-11(4)12/h7-8,10H,5-6,9H2,1-4H3/b8-7+. The van der Waals surface area contributed by atoms with Crippen LogP contribution in [0.2, 0.25) is 0 Å². The largest absolute Gasteiger partial charge is 0.465 e. The molecule has 0 aliphatic carbocycles. The maximum absolute atomic E-state index is 10.6. The first-order chi connectivity index (χ1) is 7.60. The maximum atomic E-state index is 10.6. The number of ether oxygens (including phenoxy) is 1. The molecule has 16 heavy (non-hydrogen) atoms. The van der Waals surface area contributed by atoms with Gasteiger partial charge in [0.2, 0.25) is 0 Å². The average molecular weight is 248 g/mol. The molecule has 94 valence electrons. The van der Waals surface area contributed by atoms with Crippen molar-refractivity contribution in [2.75, 3.05) is 19.8 Å². The van der Waals surface area contributed by atoms with E-state index in [0.29, 0.717) is 19.8 Å². The lowest BCUT2D eigenvalue weighted by Crippen LogP contribution is -2.06. The molecular formula is C11H21O4P. The van der Waals surface area contributed by atoms with E-state index in [0.717, 1.165) is 0 Å². The van der Waals surface area contributed by atoms with Gasteiger partial charge in [-0.1, -0.05) is 13.0 Å². The lowest BCUT2D eigenvalue weighted by Gasteiger charge is -2.12. The normalized spacial score (nSPS) is 13.3. The van der Waals surface area contributed by atoms with Crippen LogP contribution in [0.5, 0.6) is 0 Å². The zero-order chi connectivity index (χ0) is 12.4. The van der Waals surface area contributed by atoms with E-state index in [1.54, 1.807) is 0 Å². The third-order valence-electron chi connectivity index (χ3n) is 1.60. The molecule has 0 fully saturated rings. The fraction of sp³-hybridized carbons (Fsp3) is 0.727. The van der Waals surface area contributed by atoms with Crippen LogP contribution in [0.1, 0.15) is 27.7 Å². The summed E-state index contributed by atoms with van der Waals surface area (Å²) in [6, 6.07) is 0. The monoisotopic (exact) mass is 248 g/mol. The van der Waals surface area contributed by atoms with Crippen LogP contribution in [-0.4, -0.2) is 25.8 Å². The number of esters is 1. The molecule has 0 radical (unpaired) electrons. The molecule has 0 N–H and O–H groups in total. The van der Waals surface area contributed by atoms with E-state index in [9.17, 15) is 4.79 Å². The minimum atomic E-state index is -0.940. The number of carbonyl (C=O) groups is 1. The van der Waals surface area contributed by atoms with Crippen molar-refractivity contribution in [1.29, 1.82) is 0 Å². The van der Waals surface area contributed by atoms with Crippen LogP contribution < -0.4 is 0 Å². The number of hydrogen-bond acceptors (Lipinski definition) is 4. The van der Waals surface area contributed by atoms with Gasteiger partial charge in [-0.05, 0) is 19.7 Å². The molecule has 0 amide bonds. The quantitative estimate of drug-likeness (QED) is 0.489. The zero-order valence-electron chi connectivity index (χ0n) is 10.4. The van der Waals surface area contributed by atoms with E-state index in [1.807, 2.05) is 32.7 Å². The minimum absolute atomic E-state index is 0.176. The van der Waals surface area contributed by atoms with E-state index >= 15 is 0 Å². The van der Waals surface area contributed by atoms with E-state index in [4.69, 9.17) is 13.8 Å². The smallest absolute Gasteiger partial charge is 0.302 e. The molecule has 1 unspecified atom stereocenters. The lowest BCUT2D eigenvalue weighted by atomic mass is 10.2. The average Bonchev–Trinajstić information content (AvgIpc) is 2.23. The fourth-order valence-electron chi connectivity index (χ4n) is 0.899. The van der Waals surface area contributed by atoms with Gasteiger partial charge < -0.3 is 13.8 Å². The van der Waals surface area contributed by atoms with E-state index in [-0.39, 0.29) is 11.9 Å². The Morgan fingerprint density at radius 3 is 2.31 bits per heavy atom. The predicted molar refractivity (Wildman–Crippen MR) is 65.1 cm³/mol. The molecule has 0 bridgehead atoms. The molecule has 0 saturated carbocycles. The molecule has 0 aromatic heterocycles. The van der Waals surface area contributed by atoms with Gasteiger partial charge >= 0.3 is 5.97 Å². The highest BCUT2D eigenvalue weighted by Gasteiger charge is 2.05. The summed E-state index contributed by atoms with van der Waals surface area (Å²) in [6.07, 6.45) is 1.96. The van der Waals surface area contributed by atoms with Crippen molar-refractivity contribution in [2.45, 2.75) is 27.7 Å². The van der Waals surface area contributed by atoms with Gasteiger partial charge in [-0.15, -0.1) is 0 Å². The molecule has 5 heteroatoms. The van der Waals surface area contributed by atoms with Gasteiger partial charge in [0.05, 0.1) is 19.8 Å². The van der Waals surface area contributed by atoms with Crippen LogP contribution in [0.15, 0.2) is 11.9 Å². The van der Waals surface area contributed by atoms with Gasteiger partial charge in [0.1, 0.15) is 0 Å². The highest BCUT2D eigenvalue weighted by Crippen LogP contribution is 2.39. The predicted octanol–water partition coefficient (Wildman–Crippen LogP) is 3.08. The van der Waals surface area contributed by atoms with E-state index in [1.165, 1.54) is 6.92 Å². The molecule has 0 saturated heterocycles. The van der Waals surface area contributed by atoms with Crippen LogP contribution in [0.25, 0.3) is 0 Å². The second-order valence-corrected chi connectivity index (χ2v) is 4.63. The van der Waals surface area contributed by atoms with Crippen LogP contribution in [-0.2, 0) is 18.6 Å². The molecule has 1 atom stereocenters. The first-order valence-electron chi connectivity index (χ1n) is 5.46. The number of rotatable bonds is 8. The summed E-state index contributed by atoms with van der Waals surface area (Å²) in [4.78, 5) is 10.6. The molecule has 0 spiro atoms. The Morgan fingerprint density at radius 1 is 1.31 bits per heavy atom. The molecular weight excluding hydrogens is 227 g/mol. The Balaban J connectivity index is 3.94. The summed E-state index contributed by atoms with van der Waals surface area (Å²) in [5.74, 6) is 1.84. The highest BCUT2D eigenvalue weighted by atomic mass is 31.2. The molecule has 0 aliphatic rings. The van der Waals surface area contributed by atoms with E-state index in [2.05, 4.69) is 0 Å². The molecule has 0 aromatic rings. The van der Waals surface area contributed by atoms with Crippen molar-refractivity contribution in [3.8, 4) is 0 Å². The lowest BCUT2D eigenvalue weighted by molar-refractivity contribution is -0.141. The second kappa shape index (κ2) is 9.76. The van der Waals surface area contributed by atoms with Crippen LogP contribution in [0, 0.1) is 5.92 Å². The third kappa shape index (κ3) is 8.84. The van der Waals surface area contributed by atoms with Crippen molar-refractivity contribution >= 4 is 14.3 Å². The van der Waals surface area contributed by atoms with Gasteiger partial charge in [-0.25, -0.2) is 0 Å². The van der Waals surface area contributed by atoms with Crippen molar-refractivity contribution in [3.05, 3.63) is 11.9 Å². The summed E-state index contributed by atoms with van der Waals surface area (Å²) in [5, 5.41) is 0. The summed E-state index contributed by atoms with van der Waals surface area (Å²) in [5.41, 5.74) is 0. The minimum Gasteiger partial charge on any atom is -0.465 e. The van der Waals surface area contributed by atoms with Gasteiger partial charge in [0.15, 0.2) is 8.38 Å². The van der Waals surface area contributed by atoms with Gasteiger partial charge in [-0.2, -0.15) is 0 Å². The summed E-state index contributed by atoms with van der Waals surface area (Å²) >= 11 is 0. The summed E-state index contributed by atoms with van der Waals surface area (Å²) < 4.78 is 15.7. The zero-order valence-corrected chi connectivity index (χ0v) is 11.3. The fourth-order valence-corrected chi connectivity index (χ4v) is 2.09. The van der Waals surface area contributed by atoms with Crippen molar-refractivity contribution < 1.29 is 18.6 Å². The van der Waals surface area contributed by atoms with Gasteiger partial charge in [0.25, 0.3) is 0 Å². The SMILES string of the molecule is CCOP(/C=C/C(C)COC(C)=O)OCC. The maximum Gasteiger partial charge on any atom is 0.302 e. The van der Waals surface area contributed by atoms with Crippen molar-refractivity contribution in [2.24, 2.45) is 5.92 Å². The number of carbonyl (C=O) groups excluding carboxylic acids is 1. The topological polar surface area (TPSA) is 44.8 Å². The first kappa shape index (κ1) is 15.6. The number of hydrogen-bond donors (Lipinski definition) is 0. The Bertz CT molecular complexity index is 212. The summed E-state index contributed by atoms with van der Waals surface area (Å²) in [7, 11) is -0.940. The summed E-state index contributed by atoms with van der Waals surface area (Å²) in [6.45, 7) is 8.92.